The van der Waals surface area contributed by atoms with Gasteiger partial charge in [-0.1, -0.05) is 12.1 Å². The van der Waals surface area contributed by atoms with Crippen LogP contribution in [0, 0.1) is 0 Å². The molecule has 1 aromatic rings. The van der Waals surface area contributed by atoms with Gasteiger partial charge in [0.05, 0.1) is 16.0 Å². The monoisotopic (exact) mass is 299 g/mol. The molecular weight excluding hydrogens is 278 g/mol. The first-order valence-corrected chi connectivity index (χ1v) is 7.72. The molecule has 20 heavy (non-hydrogen) atoms. The molecule has 0 saturated carbocycles. The molecule has 0 fully saturated rings. The van der Waals surface area contributed by atoms with E-state index < -0.39 is 21.2 Å². The van der Waals surface area contributed by atoms with Crippen LogP contribution in [0.5, 0.6) is 0 Å². The number of sulfonamides is 1. The van der Waals surface area contributed by atoms with Crippen molar-refractivity contribution in [2.24, 2.45) is 0 Å². The summed E-state index contributed by atoms with van der Waals surface area (Å²) in [7, 11) is -3.82. The van der Waals surface area contributed by atoms with Gasteiger partial charge in [0.1, 0.15) is 0 Å². The standard InChI is InChI=1S/C14H21NO4S/c1-10(16)11-7-6-8-12(9-11)20(18,19)15-13(2,3)14(4,5)17/h6-9,15,17H,1-5H3. The molecule has 0 aliphatic carbocycles. The lowest BCUT2D eigenvalue weighted by atomic mass is 9.87. The molecule has 5 nitrogen and oxygen atoms in total. The lowest BCUT2D eigenvalue weighted by molar-refractivity contribution is 0.00638. The van der Waals surface area contributed by atoms with Gasteiger partial charge in [0.15, 0.2) is 5.78 Å². The van der Waals surface area contributed by atoms with Crippen LogP contribution in [-0.2, 0) is 10.0 Å². The van der Waals surface area contributed by atoms with Crippen LogP contribution in [0.15, 0.2) is 29.2 Å². The van der Waals surface area contributed by atoms with Crippen molar-refractivity contribution in [1.82, 2.24) is 4.72 Å². The second-order valence-electron chi connectivity index (χ2n) is 5.87. The highest BCUT2D eigenvalue weighted by atomic mass is 32.2. The molecule has 1 aromatic carbocycles. The Bertz CT molecular complexity index is 612. The SMILES string of the molecule is CC(=O)c1cccc(S(=O)(=O)NC(C)(C)C(C)(C)O)c1. The van der Waals surface area contributed by atoms with Crippen LogP contribution in [0.3, 0.4) is 0 Å². The zero-order valence-electron chi connectivity index (χ0n) is 12.4. The maximum Gasteiger partial charge on any atom is 0.241 e. The Balaban J connectivity index is 3.19. The first kappa shape index (κ1) is 16.8. The summed E-state index contributed by atoms with van der Waals surface area (Å²) in [5, 5.41) is 10.0. The summed E-state index contributed by atoms with van der Waals surface area (Å²) in [5.41, 5.74) is -1.97. The number of ketones is 1. The van der Waals surface area contributed by atoms with Gasteiger partial charge in [-0.05, 0) is 46.8 Å². The first-order chi connectivity index (χ1) is 8.87. The van der Waals surface area contributed by atoms with E-state index in [1.54, 1.807) is 19.9 Å². The molecule has 0 saturated heterocycles. The quantitative estimate of drug-likeness (QED) is 0.811. The fourth-order valence-corrected chi connectivity index (χ4v) is 2.98. The molecule has 0 aliphatic rings. The van der Waals surface area contributed by atoms with Gasteiger partial charge in [0, 0.05) is 5.56 Å². The number of hydrogen-bond acceptors (Lipinski definition) is 4. The predicted octanol–water partition coefficient (Wildman–Crippen LogP) is 1.72. The Morgan fingerprint density at radius 1 is 1.20 bits per heavy atom. The van der Waals surface area contributed by atoms with Gasteiger partial charge in [-0.3, -0.25) is 4.79 Å². The van der Waals surface area contributed by atoms with Gasteiger partial charge in [-0.15, -0.1) is 0 Å². The molecule has 0 unspecified atom stereocenters. The minimum absolute atomic E-state index is 0.00234. The minimum Gasteiger partial charge on any atom is -0.389 e. The molecule has 0 bridgehead atoms. The van der Waals surface area contributed by atoms with E-state index in [1.807, 2.05) is 0 Å². The fourth-order valence-electron chi connectivity index (χ4n) is 1.40. The Morgan fingerprint density at radius 2 is 1.75 bits per heavy atom. The van der Waals surface area contributed by atoms with Gasteiger partial charge in [0.2, 0.25) is 10.0 Å². The molecule has 1 rings (SSSR count). The Morgan fingerprint density at radius 3 is 2.20 bits per heavy atom. The van der Waals surface area contributed by atoms with Gasteiger partial charge in [-0.2, -0.15) is 0 Å². The van der Waals surface area contributed by atoms with E-state index in [1.165, 1.54) is 39.0 Å². The van der Waals surface area contributed by atoms with E-state index in [9.17, 15) is 18.3 Å². The van der Waals surface area contributed by atoms with Gasteiger partial charge in [0.25, 0.3) is 0 Å². The molecule has 0 aliphatic heterocycles. The van der Waals surface area contributed by atoms with E-state index in [0.717, 1.165) is 0 Å². The Kier molecular flexibility index (Phi) is 4.43. The van der Waals surface area contributed by atoms with Crippen molar-refractivity contribution in [3.05, 3.63) is 29.8 Å². The van der Waals surface area contributed by atoms with Crippen molar-refractivity contribution < 1.29 is 18.3 Å². The van der Waals surface area contributed by atoms with Crippen LogP contribution < -0.4 is 4.72 Å². The van der Waals surface area contributed by atoms with Crippen LogP contribution in [0.2, 0.25) is 0 Å². The molecule has 0 amide bonds. The summed E-state index contributed by atoms with van der Waals surface area (Å²) in [6, 6.07) is 5.81. The smallest absolute Gasteiger partial charge is 0.241 e. The summed E-state index contributed by atoms with van der Waals surface area (Å²) in [5.74, 6) is -0.205. The van der Waals surface area contributed by atoms with Crippen molar-refractivity contribution in [2.75, 3.05) is 0 Å². The van der Waals surface area contributed by atoms with E-state index in [-0.39, 0.29) is 10.7 Å². The van der Waals surface area contributed by atoms with Crippen LogP contribution in [0.4, 0.5) is 0 Å². The summed E-state index contributed by atoms with van der Waals surface area (Å²) >= 11 is 0. The summed E-state index contributed by atoms with van der Waals surface area (Å²) in [6.07, 6.45) is 0. The van der Waals surface area contributed by atoms with E-state index >= 15 is 0 Å². The molecule has 0 radical (unpaired) electrons. The summed E-state index contributed by atoms with van der Waals surface area (Å²) in [6.45, 7) is 7.63. The van der Waals surface area contributed by atoms with Crippen molar-refractivity contribution >= 4 is 15.8 Å². The molecule has 6 heteroatoms. The minimum atomic E-state index is -3.82. The number of rotatable bonds is 5. The van der Waals surface area contributed by atoms with Crippen LogP contribution in [0.1, 0.15) is 45.0 Å². The molecule has 0 atom stereocenters. The average Bonchev–Trinajstić information content (AvgIpc) is 2.26. The Hall–Kier alpha value is -1.24. The van der Waals surface area contributed by atoms with Crippen molar-refractivity contribution in [3.63, 3.8) is 0 Å². The molecule has 0 aromatic heterocycles. The van der Waals surface area contributed by atoms with Crippen LogP contribution >= 0.6 is 0 Å². The number of aliphatic hydroxyl groups is 1. The first-order valence-electron chi connectivity index (χ1n) is 6.24. The third-order valence-electron chi connectivity index (χ3n) is 3.47. The highest BCUT2D eigenvalue weighted by molar-refractivity contribution is 7.89. The number of nitrogens with one attached hydrogen (secondary N) is 1. The highest BCUT2D eigenvalue weighted by Crippen LogP contribution is 2.23. The maximum absolute atomic E-state index is 12.3. The molecule has 112 valence electrons. The van der Waals surface area contributed by atoms with Gasteiger partial charge < -0.3 is 5.11 Å². The second kappa shape index (κ2) is 5.27. The Labute approximate surface area is 120 Å². The van der Waals surface area contributed by atoms with Crippen molar-refractivity contribution in [2.45, 2.75) is 50.7 Å². The zero-order valence-corrected chi connectivity index (χ0v) is 13.2. The highest BCUT2D eigenvalue weighted by Gasteiger charge is 2.38. The summed E-state index contributed by atoms with van der Waals surface area (Å²) < 4.78 is 27.1. The van der Waals surface area contributed by atoms with E-state index in [0.29, 0.717) is 5.56 Å². The predicted molar refractivity (Wildman–Crippen MR) is 77.1 cm³/mol. The average molecular weight is 299 g/mol. The van der Waals surface area contributed by atoms with Gasteiger partial charge in [-0.25, -0.2) is 13.1 Å². The third-order valence-corrected chi connectivity index (χ3v) is 5.12. The maximum atomic E-state index is 12.3. The number of carbonyl (C=O) groups is 1. The van der Waals surface area contributed by atoms with E-state index in [2.05, 4.69) is 4.72 Å². The largest absolute Gasteiger partial charge is 0.389 e. The number of hydrogen-bond donors (Lipinski definition) is 2. The zero-order chi connectivity index (χ0) is 15.8. The lowest BCUT2D eigenvalue weighted by Gasteiger charge is -2.37. The van der Waals surface area contributed by atoms with Gasteiger partial charge >= 0.3 is 0 Å². The summed E-state index contributed by atoms with van der Waals surface area (Å²) in [4.78, 5) is 11.3. The topological polar surface area (TPSA) is 83.5 Å². The molecular formula is C14H21NO4S. The lowest BCUT2D eigenvalue weighted by Crippen LogP contribution is -2.57. The number of carbonyl (C=O) groups excluding carboxylic acids is 1. The third kappa shape index (κ3) is 3.65. The molecule has 2 N–H and O–H groups in total. The number of benzene rings is 1. The van der Waals surface area contributed by atoms with E-state index in [4.69, 9.17) is 0 Å². The second-order valence-corrected chi connectivity index (χ2v) is 7.56. The fraction of sp³-hybridized carbons (Fsp3) is 0.500. The van der Waals surface area contributed by atoms with Crippen LogP contribution in [-0.4, -0.2) is 30.4 Å². The normalized spacial score (nSPS) is 13.3. The van der Waals surface area contributed by atoms with Crippen LogP contribution in [0.25, 0.3) is 0 Å². The molecule has 0 heterocycles. The number of Topliss-reactive ketones (excluding diaryl/α,β-unsaturated/α-hetero) is 1. The van der Waals surface area contributed by atoms with Crippen molar-refractivity contribution in [3.8, 4) is 0 Å². The van der Waals surface area contributed by atoms with Crippen molar-refractivity contribution in [1.29, 1.82) is 0 Å². The molecule has 0 spiro atoms.